The minimum absolute atomic E-state index is 0.520. The van der Waals surface area contributed by atoms with E-state index >= 15 is 0 Å². The molecule has 2 nitrogen and oxygen atoms in total. The molecule has 2 rings (SSSR count). The van der Waals surface area contributed by atoms with Crippen LogP contribution in [0.3, 0.4) is 0 Å². The van der Waals surface area contributed by atoms with Crippen LogP contribution in [-0.2, 0) is 13.0 Å². The van der Waals surface area contributed by atoms with Crippen molar-refractivity contribution < 1.29 is 0 Å². The Morgan fingerprint density at radius 2 is 1.52 bits per heavy atom. The number of nitrogens with one attached hydrogen (secondary N) is 2. The fourth-order valence-electron chi connectivity index (χ4n) is 3.43. The Morgan fingerprint density at radius 3 is 2.15 bits per heavy atom. The van der Waals surface area contributed by atoms with E-state index in [-0.39, 0.29) is 0 Å². The molecule has 27 heavy (non-hydrogen) atoms. The van der Waals surface area contributed by atoms with Gasteiger partial charge in [-0.2, -0.15) is 0 Å². The zero-order chi connectivity index (χ0) is 19.5. The van der Waals surface area contributed by atoms with Crippen molar-refractivity contribution in [2.45, 2.75) is 65.5 Å². The Morgan fingerprint density at radius 1 is 0.815 bits per heavy atom. The maximum Gasteiger partial charge on any atom is 0.0208 e. The van der Waals surface area contributed by atoms with Crippen molar-refractivity contribution in [1.82, 2.24) is 10.6 Å². The normalized spacial score (nSPS) is 12.7. The van der Waals surface area contributed by atoms with Gasteiger partial charge in [-0.15, -0.1) is 0 Å². The highest BCUT2D eigenvalue weighted by atomic mass is 15.0. The van der Waals surface area contributed by atoms with E-state index in [0.29, 0.717) is 17.9 Å². The summed E-state index contributed by atoms with van der Waals surface area (Å²) in [5.41, 5.74) is 4.22. The molecule has 2 heteroatoms. The van der Waals surface area contributed by atoms with Crippen LogP contribution in [-0.4, -0.2) is 19.1 Å². The Balaban J connectivity index is 1.72. The van der Waals surface area contributed by atoms with Crippen LogP contribution in [0.4, 0.5) is 0 Å². The van der Waals surface area contributed by atoms with E-state index in [1.807, 2.05) is 0 Å². The van der Waals surface area contributed by atoms with E-state index in [4.69, 9.17) is 0 Å². The third-order valence-electron chi connectivity index (χ3n) is 5.05. The first-order valence-corrected chi connectivity index (χ1v) is 10.6. The summed E-state index contributed by atoms with van der Waals surface area (Å²) in [4.78, 5) is 0. The SMILES string of the molecule is CC(C)CC(CNCCCc1ccccc1)NCc1ccc(C(C)C)cc1. The van der Waals surface area contributed by atoms with Gasteiger partial charge in [0.15, 0.2) is 0 Å². The van der Waals surface area contributed by atoms with Gasteiger partial charge >= 0.3 is 0 Å². The van der Waals surface area contributed by atoms with Crippen molar-refractivity contribution in [2.75, 3.05) is 13.1 Å². The molecule has 2 aromatic rings. The lowest BCUT2D eigenvalue weighted by molar-refractivity contribution is 0.396. The van der Waals surface area contributed by atoms with Gasteiger partial charge in [0.1, 0.15) is 0 Å². The number of rotatable bonds is 12. The first-order valence-electron chi connectivity index (χ1n) is 10.6. The average molecular weight is 367 g/mol. The molecule has 0 saturated heterocycles. The molecule has 1 unspecified atom stereocenters. The number of hydrogen-bond acceptors (Lipinski definition) is 2. The van der Waals surface area contributed by atoms with Crippen molar-refractivity contribution in [3.63, 3.8) is 0 Å². The highest BCUT2D eigenvalue weighted by molar-refractivity contribution is 5.24. The van der Waals surface area contributed by atoms with Gasteiger partial charge in [0.05, 0.1) is 0 Å². The van der Waals surface area contributed by atoms with Gasteiger partial charge < -0.3 is 10.6 Å². The van der Waals surface area contributed by atoms with E-state index in [9.17, 15) is 0 Å². The van der Waals surface area contributed by atoms with Crippen LogP contribution in [0.5, 0.6) is 0 Å². The fraction of sp³-hybridized carbons (Fsp3) is 0.520. The monoisotopic (exact) mass is 366 g/mol. The van der Waals surface area contributed by atoms with Crippen molar-refractivity contribution in [1.29, 1.82) is 0 Å². The third kappa shape index (κ3) is 8.73. The Hall–Kier alpha value is -1.64. The molecule has 0 spiro atoms. The topological polar surface area (TPSA) is 24.1 Å². The summed E-state index contributed by atoms with van der Waals surface area (Å²) in [5.74, 6) is 1.30. The molecule has 2 N–H and O–H groups in total. The molecule has 0 aliphatic heterocycles. The fourth-order valence-corrected chi connectivity index (χ4v) is 3.43. The molecule has 2 aromatic carbocycles. The molecule has 0 amide bonds. The van der Waals surface area contributed by atoms with Crippen LogP contribution < -0.4 is 10.6 Å². The summed E-state index contributed by atoms with van der Waals surface area (Å²) in [6, 6.07) is 20.3. The highest BCUT2D eigenvalue weighted by Gasteiger charge is 2.10. The van der Waals surface area contributed by atoms with Crippen LogP contribution in [0.15, 0.2) is 54.6 Å². The first kappa shape index (κ1) is 21.7. The van der Waals surface area contributed by atoms with E-state index < -0.39 is 0 Å². The summed E-state index contributed by atoms with van der Waals surface area (Å²) in [5, 5.41) is 7.42. The lowest BCUT2D eigenvalue weighted by atomic mass is 10.0. The van der Waals surface area contributed by atoms with E-state index in [0.717, 1.165) is 26.1 Å². The molecule has 0 saturated carbocycles. The van der Waals surface area contributed by atoms with Crippen molar-refractivity contribution in [3.05, 3.63) is 71.3 Å². The maximum absolute atomic E-state index is 3.76. The van der Waals surface area contributed by atoms with Crippen molar-refractivity contribution in [2.24, 2.45) is 5.92 Å². The Bertz CT molecular complexity index is 617. The van der Waals surface area contributed by atoms with E-state index in [1.54, 1.807) is 0 Å². The van der Waals surface area contributed by atoms with Crippen LogP contribution in [0, 0.1) is 5.92 Å². The largest absolute Gasteiger partial charge is 0.315 e. The summed E-state index contributed by atoms with van der Waals surface area (Å²) in [7, 11) is 0. The quantitative estimate of drug-likeness (QED) is 0.482. The number of hydrogen-bond donors (Lipinski definition) is 2. The smallest absolute Gasteiger partial charge is 0.0208 e. The van der Waals surface area contributed by atoms with Crippen LogP contribution in [0.25, 0.3) is 0 Å². The van der Waals surface area contributed by atoms with E-state index in [1.165, 1.54) is 29.5 Å². The Kier molecular flexibility index (Phi) is 9.58. The predicted molar refractivity (Wildman–Crippen MR) is 118 cm³/mol. The summed E-state index contributed by atoms with van der Waals surface area (Å²) >= 11 is 0. The van der Waals surface area contributed by atoms with Crippen LogP contribution >= 0.6 is 0 Å². The highest BCUT2D eigenvalue weighted by Crippen LogP contribution is 2.15. The molecule has 0 fully saturated rings. The van der Waals surface area contributed by atoms with Gasteiger partial charge in [0.25, 0.3) is 0 Å². The van der Waals surface area contributed by atoms with Gasteiger partial charge in [-0.1, -0.05) is 82.3 Å². The Labute approximate surface area is 166 Å². The molecule has 1 atom stereocenters. The van der Waals surface area contributed by atoms with Gasteiger partial charge in [-0.05, 0) is 54.3 Å². The molecule has 0 aliphatic rings. The maximum atomic E-state index is 3.76. The van der Waals surface area contributed by atoms with Gasteiger partial charge in [-0.25, -0.2) is 0 Å². The van der Waals surface area contributed by atoms with Gasteiger partial charge in [-0.3, -0.25) is 0 Å². The lowest BCUT2D eigenvalue weighted by Crippen LogP contribution is -2.39. The predicted octanol–water partition coefficient (Wildman–Crippen LogP) is 5.54. The summed E-state index contributed by atoms with van der Waals surface area (Å²) < 4.78 is 0. The number of benzene rings is 2. The molecular formula is C25H38N2. The van der Waals surface area contributed by atoms with Crippen molar-refractivity contribution in [3.8, 4) is 0 Å². The summed E-state index contributed by atoms with van der Waals surface area (Å²) in [6.07, 6.45) is 3.54. The second-order valence-corrected chi connectivity index (χ2v) is 8.40. The van der Waals surface area contributed by atoms with Crippen molar-refractivity contribution >= 4 is 0 Å². The minimum Gasteiger partial charge on any atom is -0.315 e. The molecule has 0 aliphatic carbocycles. The molecule has 0 radical (unpaired) electrons. The summed E-state index contributed by atoms with van der Waals surface area (Å²) in [6.45, 7) is 12.2. The molecule has 148 valence electrons. The standard InChI is InChI=1S/C25H38N2/c1-20(2)17-25(19-26-16-8-11-22-9-6-5-7-10-22)27-18-23-12-14-24(15-13-23)21(3)4/h5-7,9-10,12-15,20-21,25-27H,8,11,16-19H2,1-4H3. The van der Waals surface area contributed by atoms with E-state index in [2.05, 4.69) is 92.9 Å². The van der Waals surface area contributed by atoms with Gasteiger partial charge in [0, 0.05) is 19.1 Å². The second-order valence-electron chi connectivity index (χ2n) is 8.40. The third-order valence-corrected chi connectivity index (χ3v) is 5.05. The molecule has 0 bridgehead atoms. The first-order chi connectivity index (χ1) is 13.0. The zero-order valence-electron chi connectivity index (χ0n) is 17.7. The molecular weight excluding hydrogens is 328 g/mol. The zero-order valence-corrected chi connectivity index (χ0v) is 17.7. The molecule has 0 aromatic heterocycles. The van der Waals surface area contributed by atoms with Crippen LogP contribution in [0.2, 0.25) is 0 Å². The lowest BCUT2D eigenvalue weighted by Gasteiger charge is -2.21. The molecule has 0 heterocycles. The minimum atomic E-state index is 0.520. The average Bonchev–Trinajstić information content (AvgIpc) is 2.66. The second kappa shape index (κ2) is 11.9. The van der Waals surface area contributed by atoms with Crippen LogP contribution in [0.1, 0.15) is 63.1 Å². The number of aryl methyl sites for hydroxylation is 1. The van der Waals surface area contributed by atoms with Gasteiger partial charge in [0.2, 0.25) is 0 Å².